The minimum absolute atomic E-state index is 0.0409. The Balaban J connectivity index is 0.000000370. The molecule has 3 rings (SSSR count). The number of aromatic amines is 1. The first-order chi connectivity index (χ1) is 13.8. The van der Waals surface area contributed by atoms with Crippen molar-refractivity contribution in [3.63, 3.8) is 0 Å². The molecule has 3 heterocycles. The van der Waals surface area contributed by atoms with Gasteiger partial charge in [-0.3, -0.25) is 14.3 Å². The molecular weight excluding hydrogens is 419 g/mol. The highest BCUT2D eigenvalue weighted by molar-refractivity contribution is 8.25. The number of aliphatic hydroxyl groups is 1. The molecule has 0 radical (unpaired) electrons. The molecule has 13 heteroatoms. The number of fused-ring (bicyclic) bond motifs is 1. The van der Waals surface area contributed by atoms with Gasteiger partial charge in [-0.25, -0.2) is 4.98 Å². The van der Waals surface area contributed by atoms with Crippen LogP contribution in [0.2, 0.25) is 0 Å². The minimum Gasteiger partial charge on any atom is -0.408 e. The quantitative estimate of drug-likeness (QED) is 0.325. The van der Waals surface area contributed by atoms with E-state index in [1.807, 2.05) is 0 Å². The van der Waals surface area contributed by atoms with Crippen LogP contribution in [0.15, 0.2) is 11.1 Å². The van der Waals surface area contributed by atoms with Crippen molar-refractivity contribution in [2.75, 3.05) is 32.0 Å². The Kier molecular flexibility index (Phi) is 9.00. The van der Waals surface area contributed by atoms with E-state index in [1.165, 1.54) is 30.5 Å². The smallest absolute Gasteiger partial charge is 0.372 e. The molecule has 0 spiro atoms. The van der Waals surface area contributed by atoms with Crippen LogP contribution in [0.4, 0.5) is 5.95 Å². The highest BCUT2D eigenvalue weighted by atomic mass is 32.7. The molecule has 1 fully saturated rings. The number of hydrogen-bond acceptors (Lipinski definition) is 9. The number of nitrogens with two attached hydrogens (primary N) is 1. The van der Waals surface area contributed by atoms with Gasteiger partial charge in [-0.15, -0.1) is 0 Å². The second-order valence-electron chi connectivity index (χ2n) is 6.54. The van der Waals surface area contributed by atoms with Gasteiger partial charge in [-0.1, -0.05) is 4.57 Å². The van der Waals surface area contributed by atoms with Crippen molar-refractivity contribution in [2.45, 2.75) is 45.6 Å². The van der Waals surface area contributed by atoms with Crippen LogP contribution in [-0.4, -0.2) is 63.1 Å². The van der Waals surface area contributed by atoms with Gasteiger partial charge in [-0.05, 0) is 20.8 Å². The summed E-state index contributed by atoms with van der Waals surface area (Å²) in [4.78, 5) is 23.8. The fourth-order valence-electron chi connectivity index (χ4n) is 3.07. The Hall–Kier alpha value is -1.56. The summed E-state index contributed by atoms with van der Waals surface area (Å²) >= 11 is 4.43. The van der Waals surface area contributed by atoms with Gasteiger partial charge in [0.1, 0.15) is 18.9 Å². The zero-order valence-corrected chi connectivity index (χ0v) is 18.4. The summed E-state index contributed by atoms with van der Waals surface area (Å²) in [5.41, 5.74) is 5.45. The lowest BCUT2D eigenvalue weighted by atomic mass is 10.2. The van der Waals surface area contributed by atoms with Crippen LogP contribution in [0, 0.1) is 0 Å². The molecule has 1 aliphatic heterocycles. The number of nitrogens with zero attached hydrogens (tertiary/aromatic N) is 3. The SMILES string of the molecule is CC[NH+](CC)CC.Nc1nc2c(ncn2[C@H]2C[C@H](O)[C@@H](CO[P+](=O)[S-])O2)c(=O)[nH]1. The third kappa shape index (κ3) is 6.21. The molecule has 0 saturated carbocycles. The first-order valence-corrected chi connectivity index (χ1v) is 11.7. The lowest BCUT2D eigenvalue weighted by molar-refractivity contribution is -0.894. The van der Waals surface area contributed by atoms with Crippen molar-refractivity contribution in [3.05, 3.63) is 16.7 Å². The van der Waals surface area contributed by atoms with Gasteiger partial charge in [0.15, 0.2) is 11.2 Å². The number of H-pyrrole nitrogens is 1. The van der Waals surface area contributed by atoms with E-state index in [-0.39, 0.29) is 30.1 Å². The largest absolute Gasteiger partial charge is 0.408 e. The Labute approximate surface area is 174 Å². The molecule has 11 nitrogen and oxygen atoms in total. The summed E-state index contributed by atoms with van der Waals surface area (Å²) in [6.45, 7) is 10.4. The molecule has 162 valence electrons. The molecule has 2 aromatic heterocycles. The van der Waals surface area contributed by atoms with Gasteiger partial charge in [0.2, 0.25) is 5.95 Å². The lowest BCUT2D eigenvalue weighted by Gasteiger charge is -2.13. The summed E-state index contributed by atoms with van der Waals surface area (Å²) in [6, 6.07) is 0. The number of hydrogen-bond donors (Lipinski definition) is 4. The molecule has 0 aliphatic carbocycles. The molecule has 4 atom stereocenters. The summed E-state index contributed by atoms with van der Waals surface area (Å²) in [6.07, 6.45) is -0.469. The number of aromatic nitrogens is 4. The zero-order valence-electron chi connectivity index (χ0n) is 16.7. The maximum absolute atomic E-state index is 11.7. The number of ether oxygens (including phenoxy) is 1. The first kappa shape index (κ1) is 23.7. The van der Waals surface area contributed by atoms with Gasteiger partial charge in [0, 0.05) is 6.42 Å². The Morgan fingerprint density at radius 2 is 2.10 bits per heavy atom. The predicted molar refractivity (Wildman–Crippen MR) is 111 cm³/mol. The number of aliphatic hydroxyl groups excluding tert-OH is 1. The maximum atomic E-state index is 11.7. The van der Waals surface area contributed by atoms with Gasteiger partial charge in [-0.2, -0.15) is 9.51 Å². The van der Waals surface area contributed by atoms with Crippen LogP contribution in [0.3, 0.4) is 0 Å². The number of anilines is 1. The van der Waals surface area contributed by atoms with Crippen molar-refractivity contribution in [2.24, 2.45) is 0 Å². The Morgan fingerprint density at radius 1 is 1.45 bits per heavy atom. The molecular formula is C16H28N6O5PS+. The van der Waals surface area contributed by atoms with E-state index in [4.69, 9.17) is 15.0 Å². The zero-order chi connectivity index (χ0) is 21.6. The van der Waals surface area contributed by atoms with Gasteiger partial charge in [0.25, 0.3) is 5.56 Å². The van der Waals surface area contributed by atoms with Crippen LogP contribution in [0.1, 0.15) is 33.4 Å². The molecule has 1 unspecified atom stereocenters. The summed E-state index contributed by atoms with van der Waals surface area (Å²) in [7, 11) is -2.18. The number of quaternary nitrogens is 1. The fraction of sp³-hybridized carbons (Fsp3) is 0.688. The van der Waals surface area contributed by atoms with Crippen LogP contribution >= 0.6 is 7.23 Å². The lowest BCUT2D eigenvalue weighted by Crippen LogP contribution is -3.11. The predicted octanol–water partition coefficient (Wildman–Crippen LogP) is -0.498. The number of nitrogens with one attached hydrogen (secondary N) is 2. The normalized spacial score (nSPS) is 22.0. The molecule has 0 aromatic carbocycles. The summed E-state index contributed by atoms with van der Waals surface area (Å²) in [5.74, 6) is -0.0409. The summed E-state index contributed by atoms with van der Waals surface area (Å²) in [5, 5.41) is 9.97. The van der Waals surface area contributed by atoms with Crippen molar-refractivity contribution in [1.82, 2.24) is 19.5 Å². The Morgan fingerprint density at radius 3 is 2.66 bits per heavy atom. The number of nitrogen functional groups attached to an aromatic ring is 1. The van der Waals surface area contributed by atoms with Gasteiger partial charge in [0.05, 0.1) is 32.1 Å². The van der Waals surface area contributed by atoms with E-state index < -0.39 is 31.2 Å². The van der Waals surface area contributed by atoms with E-state index in [2.05, 4.69) is 48.0 Å². The van der Waals surface area contributed by atoms with E-state index in [0.717, 1.165) is 0 Å². The fourth-order valence-corrected chi connectivity index (χ4v) is 3.53. The van der Waals surface area contributed by atoms with Crippen LogP contribution < -0.4 is 16.2 Å². The molecule has 1 aliphatic rings. The topological polar surface area (TPSA) is 150 Å². The van der Waals surface area contributed by atoms with Crippen molar-refractivity contribution in [3.8, 4) is 0 Å². The van der Waals surface area contributed by atoms with Crippen LogP contribution in [0.25, 0.3) is 11.2 Å². The third-order valence-electron chi connectivity index (χ3n) is 4.81. The third-order valence-corrected chi connectivity index (χ3v) is 5.49. The molecule has 5 N–H and O–H groups in total. The standard InChI is InChI=1S/C10H12N5O5PS.C6H15N/c11-10-13-8-7(9(17)14-10)12-3-15(8)6-1-4(16)5(20-6)2-19-21(18)22;1-4-7(5-2)6-3/h3-6,16H,1-2H2,(H3,11,13,14,17);4-6H2,1-3H3/p+1/t4-,5+,6+;/m0./s1. The second-order valence-corrected chi connectivity index (χ2v) is 8.14. The van der Waals surface area contributed by atoms with Crippen LogP contribution in [0.5, 0.6) is 0 Å². The van der Waals surface area contributed by atoms with Gasteiger partial charge < -0.3 is 32.7 Å². The van der Waals surface area contributed by atoms with Crippen molar-refractivity contribution >= 4 is 36.6 Å². The number of rotatable bonds is 7. The molecule has 2 aromatic rings. The van der Waals surface area contributed by atoms with E-state index in [1.54, 1.807) is 4.90 Å². The minimum atomic E-state index is -2.18. The Bertz CT molecular complexity index is 868. The molecule has 0 bridgehead atoms. The van der Waals surface area contributed by atoms with E-state index in [9.17, 15) is 14.5 Å². The van der Waals surface area contributed by atoms with E-state index >= 15 is 0 Å². The average Bonchev–Trinajstić information content (AvgIpc) is 3.25. The summed E-state index contributed by atoms with van der Waals surface area (Å²) < 4.78 is 22.8. The highest BCUT2D eigenvalue weighted by Gasteiger charge is 2.37. The maximum Gasteiger partial charge on any atom is 0.372 e. The molecule has 1 saturated heterocycles. The highest BCUT2D eigenvalue weighted by Crippen LogP contribution is 2.32. The number of imidazole rings is 1. The second kappa shape index (κ2) is 11.0. The van der Waals surface area contributed by atoms with E-state index in [0.29, 0.717) is 0 Å². The molecule has 29 heavy (non-hydrogen) atoms. The van der Waals surface area contributed by atoms with Crippen LogP contribution in [-0.2, 0) is 26.1 Å². The first-order valence-electron chi connectivity index (χ1n) is 9.47. The van der Waals surface area contributed by atoms with Crippen molar-refractivity contribution < 1.29 is 23.8 Å². The van der Waals surface area contributed by atoms with Gasteiger partial charge >= 0.3 is 7.23 Å². The monoisotopic (exact) mass is 447 g/mol. The molecule has 0 amide bonds. The average molecular weight is 447 g/mol. The van der Waals surface area contributed by atoms with Crippen molar-refractivity contribution in [1.29, 1.82) is 0 Å².